The molecule has 0 bridgehead atoms. The predicted molar refractivity (Wildman–Crippen MR) is 101 cm³/mol. The highest BCUT2D eigenvalue weighted by Crippen LogP contribution is 2.45. The Morgan fingerprint density at radius 3 is 2.16 bits per heavy atom. The van der Waals surface area contributed by atoms with Crippen LogP contribution in [0.1, 0.15) is 13.3 Å². The monoisotopic (exact) mass is 362 g/mol. The Morgan fingerprint density at radius 2 is 1.56 bits per heavy atom. The van der Waals surface area contributed by atoms with Crippen LogP contribution in [0, 0.1) is 0 Å². The summed E-state index contributed by atoms with van der Waals surface area (Å²) >= 11 is 0. The van der Waals surface area contributed by atoms with Crippen LogP contribution in [0.5, 0.6) is 0 Å². The Kier molecular flexibility index (Phi) is 5.63. The smallest absolute Gasteiger partial charge is 0.0996 e. The molecular weight excluding hydrogens is 335 g/mol. The quantitative estimate of drug-likeness (QED) is 0.762. The molecule has 0 aliphatic carbocycles. The first kappa shape index (κ1) is 17.4. The zero-order chi connectivity index (χ0) is 17.1. The van der Waals surface area contributed by atoms with Crippen LogP contribution >= 0.6 is 8.22 Å². The fourth-order valence-corrected chi connectivity index (χ4v) is 6.31. The van der Waals surface area contributed by atoms with E-state index in [1.807, 2.05) is 0 Å². The maximum Gasteiger partial charge on any atom is 0.0996 e. The van der Waals surface area contributed by atoms with Crippen molar-refractivity contribution in [2.45, 2.75) is 19.9 Å². The zero-order valence-electron chi connectivity index (χ0n) is 14.9. The van der Waals surface area contributed by atoms with Gasteiger partial charge in [0.05, 0.1) is 45.6 Å². The third-order valence-corrected chi connectivity index (χ3v) is 7.48. The second-order valence-electron chi connectivity index (χ2n) is 6.49. The first-order valence-corrected chi connectivity index (χ1v) is 10.5. The Morgan fingerprint density at radius 1 is 0.960 bits per heavy atom. The van der Waals surface area contributed by atoms with Gasteiger partial charge in [0, 0.05) is 38.1 Å². The highest BCUT2D eigenvalue weighted by atomic mass is 31.1. The van der Waals surface area contributed by atoms with Gasteiger partial charge in [0.25, 0.3) is 0 Å². The van der Waals surface area contributed by atoms with E-state index >= 15 is 0 Å². The van der Waals surface area contributed by atoms with Gasteiger partial charge in [-0.2, -0.15) is 5.10 Å². The molecule has 2 fully saturated rings. The van der Waals surface area contributed by atoms with Crippen LogP contribution in [0.2, 0.25) is 0 Å². The van der Waals surface area contributed by atoms with Gasteiger partial charge in [-0.1, -0.05) is 25.1 Å². The average molecular weight is 362 g/mol. The fourth-order valence-electron chi connectivity index (χ4n) is 3.58. The number of ether oxygens (including phenoxy) is 2. The summed E-state index contributed by atoms with van der Waals surface area (Å²) in [5, 5.41) is 6.24. The van der Waals surface area contributed by atoms with Crippen molar-refractivity contribution in [3.05, 3.63) is 24.3 Å². The lowest BCUT2D eigenvalue weighted by Crippen LogP contribution is -2.45. The van der Waals surface area contributed by atoms with Gasteiger partial charge in [-0.25, -0.2) is 0 Å². The van der Waals surface area contributed by atoms with Crippen LogP contribution < -0.4 is 5.44 Å². The molecule has 1 aromatic heterocycles. The summed E-state index contributed by atoms with van der Waals surface area (Å²) in [5.74, 6) is 0. The number of nitrogens with zero attached hydrogens (tertiary/aromatic N) is 4. The molecule has 0 radical (unpaired) electrons. The minimum atomic E-state index is -0.580. The van der Waals surface area contributed by atoms with Crippen molar-refractivity contribution >= 4 is 24.6 Å². The van der Waals surface area contributed by atoms with Gasteiger partial charge in [-0.15, -0.1) is 0 Å². The van der Waals surface area contributed by atoms with E-state index in [-0.39, 0.29) is 0 Å². The molecule has 2 saturated heterocycles. The van der Waals surface area contributed by atoms with Crippen molar-refractivity contribution < 1.29 is 9.47 Å². The van der Waals surface area contributed by atoms with E-state index in [0.29, 0.717) is 0 Å². The fraction of sp³-hybridized carbons (Fsp3) is 0.611. The molecular formula is C18H27N4O2P. The van der Waals surface area contributed by atoms with Crippen molar-refractivity contribution in [3.8, 4) is 0 Å². The van der Waals surface area contributed by atoms with Gasteiger partial charge in [0.1, 0.15) is 0 Å². The lowest BCUT2D eigenvalue weighted by atomic mass is 10.3. The lowest BCUT2D eigenvalue weighted by Gasteiger charge is -2.42. The molecule has 0 atom stereocenters. The molecule has 7 heteroatoms. The van der Waals surface area contributed by atoms with Crippen LogP contribution in [-0.4, -0.2) is 71.7 Å². The molecule has 0 N–H and O–H groups in total. The topological polar surface area (TPSA) is 42.8 Å². The molecule has 136 valence electrons. The summed E-state index contributed by atoms with van der Waals surface area (Å²) in [6, 6.07) is 8.59. The third kappa shape index (κ3) is 3.60. The zero-order valence-corrected chi connectivity index (χ0v) is 15.8. The summed E-state index contributed by atoms with van der Waals surface area (Å²) in [5.41, 5.74) is 2.51. The van der Waals surface area contributed by atoms with Crippen LogP contribution in [0.15, 0.2) is 24.3 Å². The lowest BCUT2D eigenvalue weighted by molar-refractivity contribution is 0.0592. The van der Waals surface area contributed by atoms with Crippen molar-refractivity contribution in [1.82, 2.24) is 19.1 Å². The molecule has 0 amide bonds. The number of hydrogen-bond donors (Lipinski definition) is 0. The molecule has 25 heavy (non-hydrogen) atoms. The molecule has 1 aromatic carbocycles. The highest BCUT2D eigenvalue weighted by Gasteiger charge is 2.34. The highest BCUT2D eigenvalue weighted by molar-refractivity contribution is 7.61. The van der Waals surface area contributed by atoms with Crippen LogP contribution in [0.25, 0.3) is 10.9 Å². The number of morpholine rings is 2. The van der Waals surface area contributed by atoms with Crippen LogP contribution in [0.4, 0.5) is 0 Å². The first-order valence-electron chi connectivity index (χ1n) is 9.29. The van der Waals surface area contributed by atoms with Crippen LogP contribution in [-0.2, 0) is 16.0 Å². The molecule has 2 aliphatic rings. The van der Waals surface area contributed by atoms with Gasteiger partial charge >= 0.3 is 0 Å². The summed E-state index contributed by atoms with van der Waals surface area (Å²) in [4.78, 5) is 0. The van der Waals surface area contributed by atoms with E-state index in [4.69, 9.17) is 14.6 Å². The maximum atomic E-state index is 5.62. The van der Waals surface area contributed by atoms with E-state index in [0.717, 1.165) is 71.1 Å². The summed E-state index contributed by atoms with van der Waals surface area (Å²) in [6.07, 6.45) is 1.09. The Labute approximate surface area is 150 Å². The third-order valence-electron chi connectivity index (χ3n) is 4.75. The maximum absolute atomic E-state index is 5.62. The molecule has 0 spiro atoms. The van der Waals surface area contributed by atoms with E-state index in [1.165, 1.54) is 10.8 Å². The van der Waals surface area contributed by atoms with Crippen molar-refractivity contribution in [2.24, 2.45) is 0 Å². The number of fused-ring (bicyclic) bond motifs is 1. The van der Waals surface area contributed by atoms with E-state index < -0.39 is 8.22 Å². The van der Waals surface area contributed by atoms with Crippen LogP contribution in [0.3, 0.4) is 0 Å². The van der Waals surface area contributed by atoms with Gasteiger partial charge in [0.2, 0.25) is 0 Å². The Bertz CT molecular complexity index is 677. The van der Waals surface area contributed by atoms with Crippen molar-refractivity contribution in [2.75, 3.05) is 52.6 Å². The van der Waals surface area contributed by atoms with E-state index in [9.17, 15) is 0 Å². The largest absolute Gasteiger partial charge is 0.379 e. The molecule has 3 heterocycles. The molecule has 0 saturated carbocycles. The average Bonchev–Trinajstić information content (AvgIpc) is 3.02. The number of rotatable bonds is 5. The first-order chi connectivity index (χ1) is 12.4. The number of hydrogen-bond acceptors (Lipinski definition) is 5. The molecule has 2 aliphatic heterocycles. The molecule has 6 nitrogen and oxygen atoms in total. The minimum Gasteiger partial charge on any atom is -0.379 e. The summed E-state index contributed by atoms with van der Waals surface area (Å²) < 4.78 is 18.8. The van der Waals surface area contributed by atoms with Crippen molar-refractivity contribution in [1.29, 1.82) is 0 Å². The molecule has 2 aromatic rings. The van der Waals surface area contributed by atoms with Gasteiger partial charge in [-0.3, -0.25) is 14.0 Å². The molecule has 4 rings (SSSR count). The standard InChI is InChI=1S/C18H27N4O2P/c1-2-7-22-18(16-5-3-4-6-17(16)19-22)25(20-8-12-23-13-9-20)21-10-14-24-15-11-21/h3-6H,2,7-15H2,1H3. The summed E-state index contributed by atoms with van der Waals surface area (Å²) in [6.45, 7) is 10.5. The Balaban J connectivity index is 1.79. The van der Waals surface area contributed by atoms with Crippen molar-refractivity contribution in [3.63, 3.8) is 0 Å². The predicted octanol–water partition coefficient (Wildman–Crippen LogP) is 2.05. The van der Waals surface area contributed by atoms with Gasteiger partial charge < -0.3 is 9.47 Å². The van der Waals surface area contributed by atoms with E-state index in [1.54, 1.807) is 0 Å². The number of aryl methyl sites for hydroxylation is 1. The van der Waals surface area contributed by atoms with E-state index in [2.05, 4.69) is 45.2 Å². The minimum absolute atomic E-state index is 0.580. The number of benzene rings is 1. The normalized spacial score (nSPS) is 20.6. The SMILES string of the molecule is CCCn1nc2ccccc2c1P(N1CCOCC1)N1CCOCC1. The summed E-state index contributed by atoms with van der Waals surface area (Å²) in [7, 11) is -0.580. The second kappa shape index (κ2) is 8.11. The molecule has 0 unspecified atom stereocenters. The Hall–Kier alpha value is -1.04. The number of aromatic nitrogens is 2. The van der Waals surface area contributed by atoms with Gasteiger partial charge in [-0.05, 0) is 12.5 Å². The van der Waals surface area contributed by atoms with Gasteiger partial charge in [0.15, 0.2) is 0 Å². The second-order valence-corrected chi connectivity index (χ2v) is 8.62.